The summed E-state index contributed by atoms with van der Waals surface area (Å²) in [7, 11) is 6.57. The number of benzene rings is 5. The van der Waals surface area contributed by atoms with Crippen LogP contribution in [0.15, 0.2) is 109 Å². The molecule has 0 fully saturated rings. The number of ether oxygens (including phenoxy) is 2. The van der Waals surface area contributed by atoms with Crippen LogP contribution in [-0.4, -0.2) is 81.2 Å². The van der Waals surface area contributed by atoms with Crippen LogP contribution in [0.25, 0.3) is 10.8 Å². The Morgan fingerprint density at radius 3 is 2.58 bits per heavy atom. The van der Waals surface area contributed by atoms with E-state index in [4.69, 9.17) is 9.47 Å². The summed E-state index contributed by atoms with van der Waals surface area (Å²) in [5.41, 5.74) is 5.93. The number of phenolic OH excluding ortho intramolecular Hbond substituents is 3. The summed E-state index contributed by atoms with van der Waals surface area (Å²) < 4.78 is 12.4. The number of aromatic nitrogens is 1. The maximum atomic E-state index is 16.0. The van der Waals surface area contributed by atoms with Crippen molar-refractivity contribution in [1.82, 2.24) is 15.6 Å². The highest BCUT2D eigenvalue weighted by atomic mass is 33.1. The Kier molecular flexibility index (Phi) is 14.4. The van der Waals surface area contributed by atoms with Gasteiger partial charge < -0.3 is 45.3 Å². The van der Waals surface area contributed by atoms with Gasteiger partial charge in [0.15, 0.2) is 23.0 Å². The number of β-amino-alcohol motifs (C(OH)–C–C–N with tert-alkyl or cyclic N) is 1. The Morgan fingerprint density at radius 2 is 1.80 bits per heavy atom. The standard InChI is InChI=1S/C56H63N3O8S2/c1-5-35-10-11-36-8-6-7-9-40(36)50(35)43-14-13-41(42-15-17-45(61)53(66-4)52(42)43)44(24-33-19-21-58-29-33)47(63)26-49(64)56(38-22-34(28-57-3)23-39(60)25-38)20-18-48-51-37(27-56)12-16-46(62)54(51)67-32-59-30-55(2,65)31-68-69-48/h6-17,19,21-23,25,29,41,43-44,47-48,57-63,65H,5,18,20,24,26-28,30-32H2,1-4H3/t41-,43+,44-,47+,48+,55-,56-/m0/s1. The van der Waals surface area contributed by atoms with Gasteiger partial charge in [0.2, 0.25) is 0 Å². The third kappa shape index (κ3) is 9.74. The number of Topliss-reactive ketones (excluding diaryl/α,β-unsaturated/α-hetero) is 1. The number of hydrogen-bond donors (Lipinski definition) is 8. The zero-order valence-corrected chi connectivity index (χ0v) is 41.3. The van der Waals surface area contributed by atoms with E-state index in [9.17, 15) is 25.5 Å². The quantitative estimate of drug-likeness (QED) is 0.0407. The van der Waals surface area contributed by atoms with Gasteiger partial charge in [0, 0.05) is 65.9 Å². The Hall–Kier alpha value is -5.41. The molecule has 0 radical (unpaired) electrons. The molecule has 11 nitrogen and oxygen atoms in total. The molecular weight excluding hydrogens is 907 g/mol. The summed E-state index contributed by atoms with van der Waals surface area (Å²) in [4.78, 5) is 19.1. The molecule has 2 aliphatic carbocycles. The first kappa shape index (κ1) is 48.6. The molecule has 0 amide bonds. The number of hydrogen-bond acceptors (Lipinski definition) is 12. The average Bonchev–Trinajstić information content (AvgIpc) is 3.79. The van der Waals surface area contributed by atoms with E-state index < -0.39 is 23.0 Å². The maximum absolute atomic E-state index is 16.0. The van der Waals surface area contributed by atoms with Gasteiger partial charge in [0.05, 0.1) is 24.2 Å². The first-order valence-electron chi connectivity index (χ1n) is 23.9. The largest absolute Gasteiger partial charge is 0.508 e. The van der Waals surface area contributed by atoms with E-state index in [-0.39, 0.29) is 59.7 Å². The van der Waals surface area contributed by atoms with E-state index >= 15 is 4.79 Å². The first-order chi connectivity index (χ1) is 33.3. The van der Waals surface area contributed by atoms with Crippen molar-refractivity contribution in [3.63, 3.8) is 0 Å². The van der Waals surface area contributed by atoms with E-state index in [0.29, 0.717) is 55.2 Å². The number of fused-ring (bicyclic) bond motifs is 2. The minimum atomic E-state index is -1.21. The van der Waals surface area contributed by atoms with Gasteiger partial charge in [-0.25, -0.2) is 0 Å². The second-order valence-corrected chi connectivity index (χ2v) is 21.8. The monoisotopic (exact) mass is 969 g/mol. The average molecular weight is 970 g/mol. The van der Waals surface area contributed by atoms with E-state index in [0.717, 1.165) is 56.1 Å². The van der Waals surface area contributed by atoms with Gasteiger partial charge in [-0.3, -0.25) is 10.1 Å². The minimum absolute atomic E-state index is 0.00737. The number of aromatic amines is 1. The Labute approximate surface area is 412 Å². The summed E-state index contributed by atoms with van der Waals surface area (Å²) in [5, 5.41) is 66.6. The molecule has 9 rings (SSSR count). The number of aliphatic hydroxyl groups is 2. The Balaban J connectivity index is 1.15. The molecular formula is C56H63N3O8S2. The van der Waals surface area contributed by atoms with Gasteiger partial charge in [0.25, 0.3) is 0 Å². The number of aromatic hydroxyl groups is 3. The summed E-state index contributed by atoms with van der Waals surface area (Å²) in [6, 6.07) is 27.2. The van der Waals surface area contributed by atoms with Crippen LogP contribution in [0.2, 0.25) is 0 Å². The number of phenols is 3. The van der Waals surface area contributed by atoms with Crippen molar-refractivity contribution in [1.29, 1.82) is 0 Å². The second-order valence-electron chi connectivity index (χ2n) is 19.3. The molecule has 0 bridgehead atoms. The molecule has 8 N–H and O–H groups in total. The fourth-order valence-electron chi connectivity index (χ4n) is 11.2. The molecule has 0 saturated carbocycles. The normalized spacial score (nSPS) is 23.4. The molecule has 2 heterocycles. The molecule has 7 atom stereocenters. The fraction of sp³-hybridized carbons (Fsp3) is 0.375. The van der Waals surface area contributed by atoms with Crippen LogP contribution in [0, 0.1) is 5.92 Å². The number of ketones is 1. The number of aliphatic hydroxyl groups excluding tert-OH is 1. The first-order valence-corrected chi connectivity index (χ1v) is 26.3. The SMILES string of the molecule is CCc1ccc2ccccc2c1[C@H]1C=C[C@H]([C@H](Cc2cc[nH]c2)[C@H](O)CC(=O)[C@@]2(c3cc(O)cc(CNC)c3)CC[C@H]3SSC[C@@](C)(O)CNCOc4c(O)ccc(c43)C2)c2ccc(O)c(OC)c21. The molecule has 362 valence electrons. The van der Waals surface area contributed by atoms with Crippen LogP contribution in [0.1, 0.15) is 100 Å². The number of nitrogens with one attached hydrogen (secondary N) is 3. The van der Waals surface area contributed by atoms with Crippen LogP contribution < -0.4 is 20.1 Å². The summed E-state index contributed by atoms with van der Waals surface area (Å²) >= 11 is 0. The maximum Gasteiger partial charge on any atom is 0.167 e. The third-order valence-corrected chi connectivity index (χ3v) is 17.6. The van der Waals surface area contributed by atoms with Gasteiger partial charge in [-0.05, 0) is 132 Å². The van der Waals surface area contributed by atoms with Crippen molar-refractivity contribution >= 4 is 38.1 Å². The lowest BCUT2D eigenvalue weighted by Gasteiger charge is -2.38. The van der Waals surface area contributed by atoms with E-state index in [2.05, 4.69) is 65.0 Å². The second kappa shape index (κ2) is 20.5. The highest BCUT2D eigenvalue weighted by Gasteiger charge is 2.47. The number of aryl methyl sites for hydroxylation is 1. The summed E-state index contributed by atoms with van der Waals surface area (Å²) in [6.07, 6.45) is 9.18. The Morgan fingerprint density at radius 1 is 0.971 bits per heavy atom. The molecule has 0 saturated heterocycles. The summed E-state index contributed by atoms with van der Waals surface area (Å²) in [6.45, 7) is 4.77. The predicted octanol–water partition coefficient (Wildman–Crippen LogP) is 9.63. The lowest BCUT2D eigenvalue weighted by Crippen LogP contribution is -2.42. The number of carbonyl (C=O) groups excluding carboxylic acids is 1. The molecule has 6 aromatic rings. The number of H-pyrrole nitrogens is 1. The van der Waals surface area contributed by atoms with Gasteiger partial charge in [-0.1, -0.05) is 95.3 Å². The fourth-order valence-corrected chi connectivity index (χ4v) is 14.4. The molecule has 69 heavy (non-hydrogen) atoms. The molecule has 5 aromatic carbocycles. The molecule has 0 spiro atoms. The van der Waals surface area contributed by atoms with Crippen LogP contribution in [-0.2, 0) is 36.0 Å². The molecule has 1 aromatic heterocycles. The number of methoxy groups -OCH3 is 1. The van der Waals surface area contributed by atoms with Gasteiger partial charge in [0.1, 0.15) is 18.3 Å². The molecule has 13 heteroatoms. The van der Waals surface area contributed by atoms with E-state index in [1.807, 2.05) is 49.8 Å². The topological polar surface area (TPSA) is 177 Å². The van der Waals surface area contributed by atoms with Crippen LogP contribution >= 0.6 is 21.6 Å². The minimum Gasteiger partial charge on any atom is -0.508 e. The highest BCUT2D eigenvalue weighted by molar-refractivity contribution is 8.76. The van der Waals surface area contributed by atoms with Gasteiger partial charge in [-0.2, -0.15) is 0 Å². The number of carbonyl (C=O) groups is 1. The summed E-state index contributed by atoms with van der Waals surface area (Å²) in [5.74, 6) is -0.0914. The molecule has 0 unspecified atom stereocenters. The van der Waals surface area contributed by atoms with Gasteiger partial charge in [-0.15, -0.1) is 0 Å². The Bertz CT molecular complexity index is 2850. The van der Waals surface area contributed by atoms with Crippen LogP contribution in [0.3, 0.4) is 0 Å². The predicted molar refractivity (Wildman–Crippen MR) is 276 cm³/mol. The van der Waals surface area contributed by atoms with E-state index in [1.54, 1.807) is 59.9 Å². The van der Waals surface area contributed by atoms with Gasteiger partial charge >= 0.3 is 0 Å². The van der Waals surface area contributed by atoms with Crippen LogP contribution in [0.4, 0.5) is 0 Å². The number of allylic oxidation sites excluding steroid dienone is 2. The van der Waals surface area contributed by atoms with Crippen molar-refractivity contribution in [2.45, 2.75) is 93.1 Å². The zero-order valence-electron chi connectivity index (χ0n) is 39.6. The number of rotatable bonds is 13. The smallest absolute Gasteiger partial charge is 0.167 e. The third-order valence-electron chi connectivity index (χ3n) is 14.6. The molecule has 3 aliphatic rings. The zero-order chi connectivity index (χ0) is 48.5. The lowest BCUT2D eigenvalue weighted by atomic mass is 9.66. The van der Waals surface area contributed by atoms with Crippen molar-refractivity contribution in [3.8, 4) is 28.7 Å². The molecule has 1 aliphatic heterocycles. The van der Waals surface area contributed by atoms with Crippen molar-refractivity contribution in [3.05, 3.63) is 160 Å². The lowest BCUT2D eigenvalue weighted by molar-refractivity contribution is -0.127. The van der Waals surface area contributed by atoms with Crippen molar-refractivity contribution in [2.24, 2.45) is 5.92 Å². The van der Waals surface area contributed by atoms with E-state index in [1.165, 1.54) is 5.56 Å². The van der Waals surface area contributed by atoms with Crippen molar-refractivity contribution < 1.29 is 39.8 Å². The van der Waals surface area contributed by atoms with Crippen LogP contribution in [0.5, 0.6) is 28.7 Å². The highest BCUT2D eigenvalue weighted by Crippen LogP contribution is 2.56. The van der Waals surface area contributed by atoms with Crippen molar-refractivity contribution in [2.75, 3.05) is 33.2 Å².